The third-order valence-electron chi connectivity index (χ3n) is 3.88. The smallest absolute Gasteiger partial charge is 0.308 e. The summed E-state index contributed by atoms with van der Waals surface area (Å²) in [5.74, 6) is -1.57. The highest BCUT2D eigenvalue weighted by atomic mass is 35.5. The summed E-state index contributed by atoms with van der Waals surface area (Å²) >= 11 is 0. The first kappa shape index (κ1) is 16.9. The van der Waals surface area contributed by atoms with Gasteiger partial charge in [0.05, 0.1) is 5.92 Å². The molecule has 1 saturated heterocycles. The highest BCUT2D eigenvalue weighted by molar-refractivity contribution is 5.85. The minimum Gasteiger partial charge on any atom is -0.481 e. The van der Waals surface area contributed by atoms with Crippen LogP contribution in [0.4, 0.5) is 4.39 Å². The van der Waals surface area contributed by atoms with Crippen LogP contribution in [0.2, 0.25) is 0 Å². The quantitative estimate of drug-likeness (QED) is 0.912. The maximum absolute atomic E-state index is 13.0. The standard InChI is InChI=1S/C15H20FNO2.ClH/c1-15(2,3)17-8-12(13(9-17)14(18)19)10-4-6-11(16)7-5-10;/h4-7,12-13H,8-9H2,1-3H3,(H,18,19);1H/t12-,13+;/m1./s1. The second kappa shape index (κ2) is 6.10. The minimum absolute atomic E-state index is 0. The number of nitrogens with zero attached hydrogens (tertiary/aromatic N) is 1. The summed E-state index contributed by atoms with van der Waals surface area (Å²) in [5.41, 5.74) is 0.850. The van der Waals surface area contributed by atoms with E-state index in [1.54, 1.807) is 12.1 Å². The number of halogens is 2. The van der Waals surface area contributed by atoms with Crippen LogP contribution in [-0.2, 0) is 4.79 Å². The first-order chi connectivity index (χ1) is 8.79. The molecule has 2 rings (SSSR count). The number of aliphatic carboxylic acids is 1. The van der Waals surface area contributed by atoms with Gasteiger partial charge in [-0.25, -0.2) is 4.39 Å². The molecule has 1 aliphatic heterocycles. The van der Waals surface area contributed by atoms with Crippen molar-refractivity contribution in [3.63, 3.8) is 0 Å². The van der Waals surface area contributed by atoms with Gasteiger partial charge in [-0.2, -0.15) is 0 Å². The number of carbonyl (C=O) groups is 1. The molecule has 0 aliphatic carbocycles. The van der Waals surface area contributed by atoms with Crippen molar-refractivity contribution in [3.05, 3.63) is 35.6 Å². The third kappa shape index (κ3) is 3.49. The number of hydrogen-bond acceptors (Lipinski definition) is 2. The van der Waals surface area contributed by atoms with E-state index < -0.39 is 11.9 Å². The summed E-state index contributed by atoms with van der Waals surface area (Å²) < 4.78 is 13.0. The lowest BCUT2D eigenvalue weighted by Gasteiger charge is -2.31. The molecule has 0 spiro atoms. The number of benzene rings is 1. The van der Waals surface area contributed by atoms with E-state index in [1.165, 1.54) is 12.1 Å². The predicted octanol–water partition coefficient (Wildman–Crippen LogP) is 3.15. The van der Waals surface area contributed by atoms with Crippen LogP contribution in [0.5, 0.6) is 0 Å². The van der Waals surface area contributed by atoms with Gasteiger partial charge in [0.1, 0.15) is 5.82 Å². The third-order valence-corrected chi connectivity index (χ3v) is 3.88. The average Bonchev–Trinajstić information content (AvgIpc) is 2.74. The van der Waals surface area contributed by atoms with E-state index in [1.807, 2.05) is 0 Å². The monoisotopic (exact) mass is 301 g/mol. The normalized spacial score (nSPS) is 23.4. The van der Waals surface area contributed by atoms with Crippen LogP contribution in [0, 0.1) is 11.7 Å². The number of hydrogen-bond donors (Lipinski definition) is 1. The van der Waals surface area contributed by atoms with Gasteiger partial charge in [-0.15, -0.1) is 12.4 Å². The van der Waals surface area contributed by atoms with Crippen molar-refractivity contribution in [1.82, 2.24) is 4.90 Å². The SMILES string of the molecule is CC(C)(C)N1C[C@H](C(=O)O)[C@@H](c2ccc(F)cc2)C1.Cl. The second-order valence-corrected chi connectivity index (χ2v) is 6.18. The Bertz CT molecular complexity index is 470. The molecule has 0 radical (unpaired) electrons. The summed E-state index contributed by atoms with van der Waals surface area (Å²) in [4.78, 5) is 13.6. The second-order valence-electron chi connectivity index (χ2n) is 6.18. The largest absolute Gasteiger partial charge is 0.481 e. The van der Waals surface area contributed by atoms with E-state index in [4.69, 9.17) is 0 Å². The van der Waals surface area contributed by atoms with Crippen molar-refractivity contribution >= 4 is 18.4 Å². The molecule has 2 atom stereocenters. The maximum Gasteiger partial charge on any atom is 0.308 e. The van der Waals surface area contributed by atoms with E-state index in [0.717, 1.165) is 5.56 Å². The Kier molecular flexibility index (Phi) is 5.16. The molecule has 5 heteroatoms. The Labute approximate surface area is 125 Å². The van der Waals surface area contributed by atoms with Gasteiger partial charge in [-0.05, 0) is 38.5 Å². The van der Waals surface area contributed by atoms with Crippen molar-refractivity contribution < 1.29 is 14.3 Å². The maximum atomic E-state index is 13.0. The Balaban J connectivity index is 0.00000200. The lowest BCUT2D eigenvalue weighted by molar-refractivity contribution is -0.141. The molecule has 20 heavy (non-hydrogen) atoms. The Morgan fingerprint density at radius 2 is 1.80 bits per heavy atom. The molecule has 3 nitrogen and oxygen atoms in total. The first-order valence-corrected chi connectivity index (χ1v) is 6.52. The summed E-state index contributed by atoms with van der Waals surface area (Å²) in [6, 6.07) is 6.19. The molecule has 112 valence electrons. The fourth-order valence-electron chi connectivity index (χ4n) is 2.65. The summed E-state index contributed by atoms with van der Waals surface area (Å²) in [5, 5.41) is 9.38. The van der Waals surface area contributed by atoms with Crippen LogP contribution in [-0.4, -0.2) is 34.6 Å². The number of likely N-dealkylation sites (tertiary alicyclic amines) is 1. The van der Waals surface area contributed by atoms with Crippen molar-refractivity contribution in [3.8, 4) is 0 Å². The van der Waals surface area contributed by atoms with E-state index >= 15 is 0 Å². The molecule has 0 saturated carbocycles. The molecule has 1 N–H and O–H groups in total. The van der Waals surface area contributed by atoms with Crippen LogP contribution in [0.25, 0.3) is 0 Å². The predicted molar refractivity (Wildman–Crippen MR) is 78.8 cm³/mol. The highest BCUT2D eigenvalue weighted by Crippen LogP contribution is 2.36. The lowest BCUT2D eigenvalue weighted by atomic mass is 9.89. The van der Waals surface area contributed by atoms with Crippen molar-refractivity contribution in [2.45, 2.75) is 32.2 Å². The van der Waals surface area contributed by atoms with Gasteiger partial charge in [0.25, 0.3) is 0 Å². The van der Waals surface area contributed by atoms with Crippen molar-refractivity contribution in [2.75, 3.05) is 13.1 Å². The Hall–Kier alpha value is -1.13. The molecule has 1 aliphatic rings. The van der Waals surface area contributed by atoms with E-state index in [9.17, 15) is 14.3 Å². The minimum atomic E-state index is -0.777. The highest BCUT2D eigenvalue weighted by Gasteiger charge is 2.41. The molecule has 1 heterocycles. The molecule has 0 aromatic heterocycles. The molecule has 1 aromatic carbocycles. The molecular formula is C15H21ClFNO2. The topological polar surface area (TPSA) is 40.5 Å². The van der Waals surface area contributed by atoms with Crippen LogP contribution in [0.1, 0.15) is 32.3 Å². The van der Waals surface area contributed by atoms with Crippen LogP contribution in [0.3, 0.4) is 0 Å². The van der Waals surface area contributed by atoms with Gasteiger partial charge in [0.15, 0.2) is 0 Å². The van der Waals surface area contributed by atoms with Crippen LogP contribution in [0.15, 0.2) is 24.3 Å². The van der Waals surface area contributed by atoms with Gasteiger partial charge in [0, 0.05) is 24.5 Å². The number of carboxylic acids is 1. The van der Waals surface area contributed by atoms with E-state index in [-0.39, 0.29) is 29.7 Å². The van der Waals surface area contributed by atoms with Gasteiger partial charge < -0.3 is 5.11 Å². The zero-order valence-corrected chi connectivity index (χ0v) is 12.8. The number of rotatable bonds is 2. The summed E-state index contributed by atoms with van der Waals surface area (Å²) in [6.07, 6.45) is 0. The molecule has 1 fully saturated rings. The summed E-state index contributed by atoms with van der Waals surface area (Å²) in [7, 11) is 0. The van der Waals surface area contributed by atoms with Crippen LogP contribution < -0.4 is 0 Å². The van der Waals surface area contributed by atoms with Crippen molar-refractivity contribution in [1.29, 1.82) is 0 Å². The number of carboxylic acid groups (broad SMARTS) is 1. The average molecular weight is 302 g/mol. The van der Waals surface area contributed by atoms with Gasteiger partial charge in [-0.3, -0.25) is 9.69 Å². The summed E-state index contributed by atoms with van der Waals surface area (Å²) in [6.45, 7) is 7.49. The Morgan fingerprint density at radius 1 is 1.25 bits per heavy atom. The first-order valence-electron chi connectivity index (χ1n) is 6.52. The van der Waals surface area contributed by atoms with Gasteiger partial charge in [0.2, 0.25) is 0 Å². The molecule has 0 bridgehead atoms. The zero-order valence-electron chi connectivity index (χ0n) is 12.0. The molecule has 0 unspecified atom stereocenters. The van der Waals surface area contributed by atoms with Gasteiger partial charge in [-0.1, -0.05) is 12.1 Å². The molecular weight excluding hydrogens is 281 g/mol. The van der Waals surface area contributed by atoms with E-state index in [2.05, 4.69) is 25.7 Å². The van der Waals surface area contributed by atoms with E-state index in [0.29, 0.717) is 13.1 Å². The van der Waals surface area contributed by atoms with Crippen LogP contribution >= 0.6 is 12.4 Å². The zero-order chi connectivity index (χ0) is 14.2. The van der Waals surface area contributed by atoms with Gasteiger partial charge >= 0.3 is 5.97 Å². The van der Waals surface area contributed by atoms with Crippen molar-refractivity contribution in [2.24, 2.45) is 5.92 Å². The Morgan fingerprint density at radius 3 is 2.25 bits per heavy atom. The molecule has 1 aromatic rings. The lowest BCUT2D eigenvalue weighted by Crippen LogP contribution is -2.40. The fourth-order valence-corrected chi connectivity index (χ4v) is 2.65. The fraction of sp³-hybridized carbons (Fsp3) is 0.533. The molecule has 0 amide bonds.